The van der Waals surface area contributed by atoms with Crippen molar-refractivity contribution in [2.45, 2.75) is 52.7 Å². The average Bonchev–Trinajstić information content (AvgIpc) is 2.59. The van der Waals surface area contributed by atoms with Gasteiger partial charge in [-0.15, -0.1) is 0 Å². The van der Waals surface area contributed by atoms with E-state index in [0.717, 1.165) is 34.3 Å². The molecule has 0 fully saturated rings. The molecule has 1 aliphatic rings. The van der Waals surface area contributed by atoms with Crippen LogP contribution in [0.25, 0.3) is 0 Å². The zero-order valence-electron chi connectivity index (χ0n) is 18.4. The smallest absolute Gasteiger partial charge is 0.241 e. The second kappa shape index (κ2) is 7.95. The van der Waals surface area contributed by atoms with Gasteiger partial charge in [0.05, 0.1) is 18.0 Å². The van der Waals surface area contributed by atoms with Crippen molar-refractivity contribution >= 4 is 21.6 Å². The van der Waals surface area contributed by atoms with Crippen molar-refractivity contribution < 1.29 is 17.9 Å². The van der Waals surface area contributed by atoms with Crippen LogP contribution in [-0.2, 0) is 14.8 Å². The molecule has 0 radical (unpaired) electrons. The van der Waals surface area contributed by atoms with Crippen LogP contribution in [0.1, 0.15) is 48.6 Å². The van der Waals surface area contributed by atoms with Gasteiger partial charge in [0.25, 0.3) is 0 Å². The number of carbonyl (C=O) groups excluding carboxylic acids is 1. The van der Waals surface area contributed by atoms with Crippen LogP contribution < -0.4 is 14.4 Å². The van der Waals surface area contributed by atoms with Crippen molar-refractivity contribution in [1.82, 2.24) is 5.32 Å². The quantitative estimate of drug-likeness (QED) is 0.783. The molecule has 1 atom stereocenters. The number of sulfonamides is 1. The highest BCUT2D eigenvalue weighted by Gasteiger charge is 2.35. The van der Waals surface area contributed by atoms with Crippen LogP contribution in [0.15, 0.2) is 36.4 Å². The molecule has 1 aliphatic heterocycles. The number of hydrogen-bond acceptors (Lipinski definition) is 4. The Kier molecular flexibility index (Phi) is 5.87. The van der Waals surface area contributed by atoms with Crippen LogP contribution in [0.5, 0.6) is 5.75 Å². The molecule has 2 aromatic rings. The summed E-state index contributed by atoms with van der Waals surface area (Å²) < 4.78 is 32.2. The number of carbonyl (C=O) groups is 1. The minimum absolute atomic E-state index is 0.253. The van der Waals surface area contributed by atoms with Crippen LogP contribution in [-0.4, -0.2) is 32.7 Å². The Balaban J connectivity index is 1.87. The summed E-state index contributed by atoms with van der Waals surface area (Å²) in [6, 6.07) is 11.2. The summed E-state index contributed by atoms with van der Waals surface area (Å²) in [4.78, 5) is 13.0. The van der Waals surface area contributed by atoms with Crippen molar-refractivity contribution in [3.8, 4) is 5.75 Å². The Bertz CT molecular complexity index is 1080. The van der Waals surface area contributed by atoms with Crippen LogP contribution in [0, 0.1) is 20.8 Å². The molecule has 6 nitrogen and oxygen atoms in total. The average molecular weight is 431 g/mol. The molecule has 3 rings (SSSR count). The van der Waals surface area contributed by atoms with Gasteiger partial charge in [-0.05, 0) is 63.4 Å². The molecule has 1 heterocycles. The third-order valence-electron chi connectivity index (χ3n) is 5.28. The summed E-state index contributed by atoms with van der Waals surface area (Å²) in [7, 11) is -3.63. The number of nitrogens with one attached hydrogen (secondary N) is 1. The monoisotopic (exact) mass is 430 g/mol. The van der Waals surface area contributed by atoms with Gasteiger partial charge in [-0.1, -0.05) is 24.3 Å². The molecular weight excluding hydrogens is 400 g/mol. The Hall–Kier alpha value is -2.54. The number of nitrogens with zero attached hydrogens (tertiary/aromatic N) is 1. The number of amides is 1. The predicted octanol–water partition coefficient (Wildman–Crippen LogP) is 3.80. The van der Waals surface area contributed by atoms with E-state index in [2.05, 4.69) is 5.32 Å². The number of fused-ring (bicyclic) bond motifs is 1. The highest BCUT2D eigenvalue weighted by Crippen LogP contribution is 2.40. The minimum Gasteiger partial charge on any atom is -0.487 e. The fourth-order valence-corrected chi connectivity index (χ4v) is 4.73. The third-order valence-corrected chi connectivity index (χ3v) is 6.41. The molecule has 0 saturated carbocycles. The van der Waals surface area contributed by atoms with Crippen molar-refractivity contribution in [2.24, 2.45) is 0 Å². The van der Waals surface area contributed by atoms with E-state index in [9.17, 15) is 13.2 Å². The van der Waals surface area contributed by atoms with Gasteiger partial charge < -0.3 is 10.1 Å². The molecule has 2 aromatic carbocycles. The fourth-order valence-electron chi connectivity index (χ4n) is 3.83. The number of ether oxygens (including phenoxy) is 1. The van der Waals surface area contributed by atoms with Crippen LogP contribution >= 0.6 is 0 Å². The lowest BCUT2D eigenvalue weighted by Crippen LogP contribution is -2.45. The maximum Gasteiger partial charge on any atom is 0.241 e. The lowest BCUT2D eigenvalue weighted by Gasteiger charge is -2.38. The lowest BCUT2D eigenvalue weighted by molar-refractivity contribution is -0.120. The van der Waals surface area contributed by atoms with Gasteiger partial charge in [-0.25, -0.2) is 8.42 Å². The van der Waals surface area contributed by atoms with E-state index in [1.54, 1.807) is 6.07 Å². The fraction of sp³-hybridized carbons (Fsp3) is 0.435. The van der Waals surface area contributed by atoms with Crippen molar-refractivity contribution in [3.05, 3.63) is 58.7 Å². The van der Waals surface area contributed by atoms with E-state index < -0.39 is 15.6 Å². The molecule has 0 aliphatic carbocycles. The van der Waals surface area contributed by atoms with Gasteiger partial charge in [0.1, 0.15) is 17.9 Å². The van der Waals surface area contributed by atoms with Crippen LogP contribution in [0.4, 0.5) is 5.69 Å². The molecule has 0 bridgehead atoms. The maximum absolute atomic E-state index is 13.0. The second-order valence-electron chi connectivity index (χ2n) is 8.79. The van der Waals surface area contributed by atoms with E-state index in [4.69, 9.17) is 4.74 Å². The maximum atomic E-state index is 13.0. The Morgan fingerprint density at radius 2 is 1.77 bits per heavy atom. The zero-order valence-corrected chi connectivity index (χ0v) is 19.3. The van der Waals surface area contributed by atoms with Crippen molar-refractivity contribution in [3.63, 3.8) is 0 Å². The summed E-state index contributed by atoms with van der Waals surface area (Å²) >= 11 is 0. The molecule has 0 aromatic heterocycles. The molecule has 30 heavy (non-hydrogen) atoms. The van der Waals surface area contributed by atoms with Crippen molar-refractivity contribution in [1.29, 1.82) is 0 Å². The van der Waals surface area contributed by atoms with Crippen LogP contribution in [0.2, 0.25) is 0 Å². The first-order chi connectivity index (χ1) is 13.9. The van der Waals surface area contributed by atoms with E-state index in [0.29, 0.717) is 12.1 Å². The molecule has 7 heteroatoms. The first-order valence-corrected chi connectivity index (χ1v) is 11.8. The van der Waals surface area contributed by atoms with Gasteiger partial charge in [0.15, 0.2) is 0 Å². The largest absolute Gasteiger partial charge is 0.487 e. The minimum atomic E-state index is -3.63. The predicted molar refractivity (Wildman–Crippen MR) is 119 cm³/mol. The summed E-state index contributed by atoms with van der Waals surface area (Å²) in [5.41, 5.74) is 3.80. The van der Waals surface area contributed by atoms with Gasteiger partial charge in [0, 0.05) is 12.0 Å². The van der Waals surface area contributed by atoms with E-state index >= 15 is 0 Å². The molecule has 1 N–H and O–H groups in total. The number of benzene rings is 2. The van der Waals surface area contributed by atoms with Gasteiger partial charge in [0.2, 0.25) is 15.9 Å². The van der Waals surface area contributed by atoms with Gasteiger partial charge in [-0.2, -0.15) is 0 Å². The Labute approximate surface area is 179 Å². The molecule has 1 amide bonds. The molecule has 0 saturated heterocycles. The number of hydrogen-bond donors (Lipinski definition) is 1. The first kappa shape index (κ1) is 22.2. The van der Waals surface area contributed by atoms with Crippen molar-refractivity contribution in [2.75, 3.05) is 17.1 Å². The normalized spacial score (nSPS) is 17.6. The van der Waals surface area contributed by atoms with Gasteiger partial charge >= 0.3 is 0 Å². The summed E-state index contributed by atoms with van der Waals surface area (Å²) in [5, 5.41) is 3.03. The SMILES string of the molecule is Cc1ccc2c(c1)OC(C)(C)C[C@@H]2NC(=O)CN(c1cc(C)ccc1C)S(C)(=O)=O. The topological polar surface area (TPSA) is 75.7 Å². The Morgan fingerprint density at radius 1 is 1.13 bits per heavy atom. The second-order valence-corrected chi connectivity index (χ2v) is 10.7. The van der Waals surface area contributed by atoms with E-state index in [-0.39, 0.29) is 18.5 Å². The standard InChI is InChI=1S/C23H30N2O4S/c1-15-7-9-17(3)20(11-15)25(30(6,27)28)14-22(26)24-19-13-23(4,5)29-21-12-16(2)8-10-18(19)21/h7-12,19H,13-14H2,1-6H3,(H,24,26)/t19-/m0/s1. The lowest BCUT2D eigenvalue weighted by atomic mass is 9.89. The molecular formula is C23H30N2O4S. The van der Waals surface area contributed by atoms with E-state index in [1.165, 1.54) is 4.31 Å². The highest BCUT2D eigenvalue weighted by atomic mass is 32.2. The third kappa shape index (κ3) is 4.95. The molecule has 0 unspecified atom stereocenters. The molecule has 162 valence electrons. The van der Waals surface area contributed by atoms with E-state index in [1.807, 2.05) is 65.0 Å². The van der Waals surface area contributed by atoms with Gasteiger partial charge in [-0.3, -0.25) is 9.10 Å². The Morgan fingerprint density at radius 3 is 2.43 bits per heavy atom. The van der Waals surface area contributed by atoms with Crippen LogP contribution in [0.3, 0.4) is 0 Å². The highest BCUT2D eigenvalue weighted by molar-refractivity contribution is 7.92. The number of rotatable bonds is 5. The molecule has 0 spiro atoms. The summed E-state index contributed by atoms with van der Waals surface area (Å²) in [6.45, 7) is 9.42. The summed E-state index contributed by atoms with van der Waals surface area (Å²) in [5.74, 6) is 0.404. The first-order valence-electron chi connectivity index (χ1n) is 10.00. The zero-order chi connectivity index (χ0) is 22.3. The number of anilines is 1. The summed E-state index contributed by atoms with van der Waals surface area (Å²) in [6.07, 6.45) is 1.72. The number of aryl methyl sites for hydroxylation is 3.